The number of hydrogen-bond donors (Lipinski definition) is 0. The Kier molecular flexibility index (Phi) is 6.87. The lowest BCUT2D eigenvalue weighted by Crippen LogP contribution is -2.35. The first-order chi connectivity index (χ1) is 13.6. The second kappa shape index (κ2) is 9.55. The molecular formula is C22H23NO4S. The van der Waals surface area contributed by atoms with Crippen molar-refractivity contribution in [3.05, 3.63) is 65.7 Å². The first kappa shape index (κ1) is 20.1. The highest BCUT2D eigenvalue weighted by Crippen LogP contribution is 2.28. The summed E-state index contributed by atoms with van der Waals surface area (Å²) in [7, 11) is 0. The normalized spacial score (nSPS) is 14.5. The van der Waals surface area contributed by atoms with Crippen molar-refractivity contribution in [2.24, 2.45) is 0 Å². The lowest BCUT2D eigenvalue weighted by Gasteiger charge is -2.24. The molecule has 0 aromatic heterocycles. The van der Waals surface area contributed by atoms with E-state index in [1.165, 1.54) is 18.7 Å². The largest absolute Gasteiger partial charge is 0.444 e. The molecule has 1 saturated heterocycles. The van der Waals surface area contributed by atoms with Crippen LogP contribution in [0.3, 0.4) is 0 Å². The van der Waals surface area contributed by atoms with Gasteiger partial charge in [-0.25, -0.2) is 4.79 Å². The number of carbonyl (C=O) groups is 3. The van der Waals surface area contributed by atoms with Gasteiger partial charge in [0.25, 0.3) is 5.91 Å². The van der Waals surface area contributed by atoms with Crippen molar-refractivity contribution in [1.29, 1.82) is 0 Å². The van der Waals surface area contributed by atoms with Crippen molar-refractivity contribution in [2.45, 2.75) is 30.8 Å². The maximum absolute atomic E-state index is 13.0. The van der Waals surface area contributed by atoms with E-state index in [9.17, 15) is 14.4 Å². The summed E-state index contributed by atoms with van der Waals surface area (Å²) in [5.41, 5.74) is 1.02. The predicted molar refractivity (Wildman–Crippen MR) is 108 cm³/mol. The molecule has 5 nitrogen and oxygen atoms in total. The second-order valence-corrected chi connectivity index (χ2v) is 7.73. The molecule has 0 N–H and O–H groups in total. The molecule has 0 saturated carbocycles. The second-order valence-electron chi connectivity index (χ2n) is 6.72. The van der Waals surface area contributed by atoms with Crippen LogP contribution in [0.1, 0.15) is 41.8 Å². The number of ketones is 1. The molecule has 2 aromatic carbocycles. The minimum Gasteiger partial charge on any atom is -0.444 e. The van der Waals surface area contributed by atoms with Crippen molar-refractivity contribution in [2.75, 3.05) is 18.8 Å². The van der Waals surface area contributed by atoms with E-state index in [-0.39, 0.29) is 17.4 Å². The number of rotatable bonds is 7. The molecule has 0 unspecified atom stereocenters. The summed E-state index contributed by atoms with van der Waals surface area (Å²) in [5, 5.41) is 0. The number of Topliss-reactive ketones (excluding diaryl/α,β-unsaturated/α-hetero) is 1. The minimum absolute atomic E-state index is 0.0274. The zero-order chi connectivity index (χ0) is 19.9. The molecule has 1 fully saturated rings. The van der Waals surface area contributed by atoms with Gasteiger partial charge in [-0.2, -0.15) is 0 Å². The molecule has 1 amide bonds. The zero-order valence-corrected chi connectivity index (χ0v) is 16.6. The molecular weight excluding hydrogens is 374 g/mol. The van der Waals surface area contributed by atoms with E-state index >= 15 is 0 Å². The lowest BCUT2D eigenvalue weighted by atomic mass is 10.1. The molecule has 6 heteroatoms. The number of carbonyl (C=O) groups excluding carboxylic acids is 3. The van der Waals surface area contributed by atoms with Gasteiger partial charge in [0.05, 0.1) is 11.3 Å². The topological polar surface area (TPSA) is 63.7 Å². The molecule has 1 aliphatic heterocycles. The Labute approximate surface area is 169 Å². The number of thioether (sulfide) groups is 1. The van der Waals surface area contributed by atoms with Gasteiger partial charge in [0.2, 0.25) is 6.10 Å². The summed E-state index contributed by atoms with van der Waals surface area (Å²) in [6.45, 7) is 2.88. The highest BCUT2D eigenvalue weighted by molar-refractivity contribution is 8.00. The summed E-state index contributed by atoms with van der Waals surface area (Å²) in [6.07, 6.45) is 0.954. The van der Waals surface area contributed by atoms with Gasteiger partial charge >= 0.3 is 5.97 Å². The third-order valence-electron chi connectivity index (χ3n) is 4.51. The van der Waals surface area contributed by atoms with Crippen LogP contribution in [0.4, 0.5) is 0 Å². The van der Waals surface area contributed by atoms with E-state index in [1.807, 2.05) is 24.3 Å². The van der Waals surface area contributed by atoms with Crippen LogP contribution in [0.5, 0.6) is 0 Å². The molecule has 1 atom stereocenters. The Morgan fingerprint density at radius 1 is 1.00 bits per heavy atom. The summed E-state index contributed by atoms with van der Waals surface area (Å²) in [4.78, 5) is 39.7. The maximum Gasteiger partial charge on any atom is 0.340 e. The number of nitrogens with zero attached hydrogens (tertiary/aromatic N) is 1. The van der Waals surface area contributed by atoms with Gasteiger partial charge in [-0.05, 0) is 31.9 Å². The number of likely N-dealkylation sites (tertiary alicyclic amines) is 1. The maximum atomic E-state index is 13.0. The fourth-order valence-electron chi connectivity index (χ4n) is 3.10. The van der Waals surface area contributed by atoms with Crippen LogP contribution in [0.2, 0.25) is 0 Å². The minimum atomic E-state index is -0.974. The number of ether oxygens (including phenoxy) is 1. The Bertz CT molecular complexity index is 847. The van der Waals surface area contributed by atoms with Crippen molar-refractivity contribution in [1.82, 2.24) is 4.90 Å². The fourth-order valence-corrected chi connectivity index (χ4v) is 3.94. The average Bonchev–Trinajstić information content (AvgIpc) is 3.25. The fraction of sp³-hybridized carbons (Fsp3) is 0.318. The molecule has 146 valence electrons. The van der Waals surface area contributed by atoms with Crippen molar-refractivity contribution >= 4 is 29.4 Å². The standard InChI is InChI=1S/C22H23NO4S/c1-16(24)15-28-19-12-6-5-11-18(19)22(26)27-20(17-9-3-2-4-10-17)21(25)23-13-7-8-14-23/h2-6,9-12,20H,7-8,13-15H2,1H3/t20-/m1/s1. The summed E-state index contributed by atoms with van der Waals surface area (Å²) in [5.74, 6) is -0.447. The van der Waals surface area contributed by atoms with Crippen LogP contribution in [0.25, 0.3) is 0 Å². The van der Waals surface area contributed by atoms with Gasteiger partial charge in [0.1, 0.15) is 5.78 Å². The van der Waals surface area contributed by atoms with E-state index < -0.39 is 12.1 Å². The van der Waals surface area contributed by atoms with Gasteiger partial charge in [-0.1, -0.05) is 42.5 Å². The third-order valence-corrected chi connectivity index (χ3v) is 5.73. The SMILES string of the molecule is CC(=O)CSc1ccccc1C(=O)O[C@@H](C(=O)N1CCCC1)c1ccccc1. The molecule has 0 radical (unpaired) electrons. The summed E-state index contributed by atoms with van der Waals surface area (Å²) >= 11 is 1.29. The van der Waals surface area contributed by atoms with E-state index in [0.717, 1.165) is 12.8 Å². The van der Waals surface area contributed by atoms with E-state index in [0.29, 0.717) is 29.1 Å². The number of hydrogen-bond acceptors (Lipinski definition) is 5. The highest BCUT2D eigenvalue weighted by atomic mass is 32.2. The highest BCUT2D eigenvalue weighted by Gasteiger charge is 2.31. The Morgan fingerprint density at radius 2 is 1.64 bits per heavy atom. The summed E-state index contributed by atoms with van der Waals surface area (Å²) < 4.78 is 5.72. The molecule has 0 aliphatic carbocycles. The number of benzene rings is 2. The van der Waals surface area contributed by atoms with Crippen LogP contribution in [-0.4, -0.2) is 41.4 Å². The molecule has 28 heavy (non-hydrogen) atoms. The lowest BCUT2D eigenvalue weighted by molar-refractivity contribution is -0.140. The average molecular weight is 397 g/mol. The smallest absolute Gasteiger partial charge is 0.340 e. The third kappa shape index (κ3) is 5.01. The van der Waals surface area contributed by atoms with Gasteiger partial charge in [0, 0.05) is 23.5 Å². The monoisotopic (exact) mass is 397 g/mol. The quantitative estimate of drug-likeness (QED) is 0.524. The van der Waals surface area contributed by atoms with E-state index in [4.69, 9.17) is 4.74 Å². The number of esters is 1. The first-order valence-electron chi connectivity index (χ1n) is 9.32. The van der Waals surface area contributed by atoms with Crippen molar-refractivity contribution in [3.63, 3.8) is 0 Å². The predicted octanol–water partition coefficient (Wildman–Crippen LogP) is 3.89. The van der Waals surface area contributed by atoms with Gasteiger partial charge in [-0.15, -0.1) is 11.8 Å². The molecule has 3 rings (SSSR count). The number of amides is 1. The van der Waals surface area contributed by atoms with Crippen LogP contribution in [0.15, 0.2) is 59.5 Å². The van der Waals surface area contributed by atoms with Crippen molar-refractivity contribution < 1.29 is 19.1 Å². The van der Waals surface area contributed by atoms with Crippen LogP contribution in [0, 0.1) is 0 Å². The molecule has 2 aromatic rings. The Balaban J connectivity index is 1.84. The molecule has 1 heterocycles. The van der Waals surface area contributed by atoms with Gasteiger partial charge < -0.3 is 9.64 Å². The molecule has 1 aliphatic rings. The van der Waals surface area contributed by atoms with E-state index in [2.05, 4.69) is 0 Å². The van der Waals surface area contributed by atoms with Crippen LogP contribution in [-0.2, 0) is 14.3 Å². The molecule has 0 spiro atoms. The van der Waals surface area contributed by atoms with Crippen LogP contribution >= 0.6 is 11.8 Å². The first-order valence-corrected chi connectivity index (χ1v) is 10.3. The zero-order valence-electron chi connectivity index (χ0n) is 15.8. The molecule has 0 bridgehead atoms. The summed E-state index contributed by atoms with van der Waals surface area (Å²) in [6, 6.07) is 16.1. The Hall–Kier alpha value is -2.60. The van der Waals surface area contributed by atoms with Crippen LogP contribution < -0.4 is 0 Å². The Morgan fingerprint density at radius 3 is 2.32 bits per heavy atom. The van der Waals surface area contributed by atoms with Gasteiger partial charge in [0.15, 0.2) is 0 Å². The van der Waals surface area contributed by atoms with E-state index in [1.54, 1.807) is 35.2 Å². The van der Waals surface area contributed by atoms with Crippen molar-refractivity contribution in [3.8, 4) is 0 Å². The van der Waals surface area contributed by atoms with Gasteiger partial charge in [-0.3, -0.25) is 9.59 Å².